The van der Waals surface area contributed by atoms with Crippen molar-refractivity contribution in [2.24, 2.45) is 0 Å². The molecule has 7 heteroatoms. The highest BCUT2D eigenvalue weighted by Crippen LogP contribution is 2.33. The highest BCUT2D eigenvalue weighted by molar-refractivity contribution is 7.89. The van der Waals surface area contributed by atoms with Crippen LogP contribution in [-0.2, 0) is 10.0 Å². The quantitative estimate of drug-likeness (QED) is 0.701. The van der Waals surface area contributed by atoms with Crippen LogP contribution in [0.4, 0.5) is 10.1 Å². The van der Waals surface area contributed by atoms with E-state index in [2.05, 4.69) is 4.72 Å². The summed E-state index contributed by atoms with van der Waals surface area (Å²) in [6, 6.07) is 3.12. The Morgan fingerprint density at radius 2 is 2.11 bits per heavy atom. The van der Waals surface area contributed by atoms with Gasteiger partial charge in [-0.25, -0.2) is 17.5 Å². The molecule has 1 aromatic rings. The van der Waals surface area contributed by atoms with Crippen LogP contribution in [0, 0.1) is 5.82 Å². The van der Waals surface area contributed by atoms with E-state index in [1.165, 1.54) is 0 Å². The van der Waals surface area contributed by atoms with Gasteiger partial charge in [0.1, 0.15) is 10.7 Å². The van der Waals surface area contributed by atoms with Crippen molar-refractivity contribution in [3.63, 3.8) is 0 Å². The summed E-state index contributed by atoms with van der Waals surface area (Å²) in [5, 5.41) is 9.24. The average molecular weight is 274 g/mol. The summed E-state index contributed by atoms with van der Waals surface area (Å²) in [6.07, 6.45) is 2.04. The molecule has 0 saturated heterocycles. The van der Waals surface area contributed by atoms with Gasteiger partial charge >= 0.3 is 0 Å². The number of nitrogen functional groups attached to an aromatic ring is 1. The number of benzene rings is 1. The Bertz CT molecular complexity index is 550. The van der Waals surface area contributed by atoms with Gasteiger partial charge in [0.15, 0.2) is 0 Å². The lowest BCUT2D eigenvalue weighted by molar-refractivity contribution is 0.110. The van der Waals surface area contributed by atoms with Gasteiger partial charge in [-0.1, -0.05) is 0 Å². The third-order valence-electron chi connectivity index (χ3n) is 3.23. The molecule has 0 aromatic heterocycles. The van der Waals surface area contributed by atoms with Crippen LogP contribution in [0.5, 0.6) is 0 Å². The maximum Gasteiger partial charge on any atom is 0.243 e. The van der Waals surface area contributed by atoms with E-state index in [-0.39, 0.29) is 17.2 Å². The molecule has 0 bridgehead atoms. The van der Waals surface area contributed by atoms with Crippen molar-refractivity contribution in [3.8, 4) is 0 Å². The number of anilines is 1. The predicted octanol–water partition coefficient (Wildman–Crippen LogP) is 0.601. The van der Waals surface area contributed by atoms with E-state index < -0.39 is 21.4 Å². The van der Waals surface area contributed by atoms with Crippen LogP contribution in [0.1, 0.15) is 19.3 Å². The van der Waals surface area contributed by atoms with Crippen LogP contribution in [0.15, 0.2) is 23.1 Å². The van der Waals surface area contributed by atoms with Crippen LogP contribution in [0.25, 0.3) is 0 Å². The topological polar surface area (TPSA) is 92.4 Å². The third-order valence-corrected chi connectivity index (χ3v) is 4.88. The van der Waals surface area contributed by atoms with Crippen molar-refractivity contribution in [1.29, 1.82) is 0 Å². The minimum Gasteiger partial charge on any atom is -0.398 e. The minimum atomic E-state index is -3.84. The number of halogens is 1. The zero-order chi connectivity index (χ0) is 13.4. The molecule has 2 rings (SSSR count). The summed E-state index contributed by atoms with van der Waals surface area (Å²) in [7, 11) is -3.84. The Labute approximate surface area is 105 Å². The number of hydrogen-bond donors (Lipinski definition) is 3. The Hall–Kier alpha value is -1.18. The van der Waals surface area contributed by atoms with E-state index in [1.807, 2.05) is 0 Å². The third kappa shape index (κ3) is 2.33. The first kappa shape index (κ1) is 13.3. The van der Waals surface area contributed by atoms with Crippen LogP contribution in [0.2, 0.25) is 0 Å². The van der Waals surface area contributed by atoms with Crippen molar-refractivity contribution >= 4 is 15.7 Å². The molecule has 0 atom stereocenters. The maximum atomic E-state index is 12.9. The number of nitrogens with one attached hydrogen (secondary N) is 1. The number of sulfonamides is 1. The largest absolute Gasteiger partial charge is 0.398 e. The molecular formula is C11H15FN2O3S. The fourth-order valence-corrected chi connectivity index (χ4v) is 3.57. The highest BCUT2D eigenvalue weighted by atomic mass is 32.2. The maximum absolute atomic E-state index is 12.9. The molecule has 0 aliphatic heterocycles. The van der Waals surface area contributed by atoms with Gasteiger partial charge in [-0.3, -0.25) is 0 Å². The van der Waals surface area contributed by atoms with E-state index in [0.717, 1.165) is 24.6 Å². The van der Waals surface area contributed by atoms with Crippen molar-refractivity contribution in [2.45, 2.75) is 29.7 Å². The van der Waals surface area contributed by atoms with Crippen LogP contribution in [0.3, 0.4) is 0 Å². The van der Waals surface area contributed by atoms with Gasteiger partial charge in [0.05, 0.1) is 17.8 Å². The number of aliphatic hydroxyl groups excluding tert-OH is 1. The lowest BCUT2D eigenvalue weighted by Gasteiger charge is -2.40. The molecule has 1 aliphatic carbocycles. The van der Waals surface area contributed by atoms with E-state index in [9.17, 15) is 17.9 Å². The van der Waals surface area contributed by atoms with Gasteiger partial charge in [0.25, 0.3) is 0 Å². The summed E-state index contributed by atoms with van der Waals surface area (Å²) in [4.78, 5) is -0.163. The second-order valence-corrected chi connectivity index (χ2v) is 6.23. The van der Waals surface area contributed by atoms with Crippen molar-refractivity contribution < 1.29 is 17.9 Å². The normalized spacial score (nSPS) is 18.3. The molecule has 1 fully saturated rings. The molecule has 0 unspecified atom stereocenters. The molecule has 0 spiro atoms. The van der Waals surface area contributed by atoms with Crippen LogP contribution >= 0.6 is 0 Å². The van der Waals surface area contributed by atoms with Gasteiger partial charge < -0.3 is 10.8 Å². The van der Waals surface area contributed by atoms with Gasteiger partial charge in [-0.2, -0.15) is 0 Å². The second kappa shape index (κ2) is 4.49. The highest BCUT2D eigenvalue weighted by Gasteiger charge is 2.40. The monoisotopic (exact) mass is 274 g/mol. The molecule has 0 amide bonds. The van der Waals surface area contributed by atoms with Crippen LogP contribution in [-0.4, -0.2) is 25.7 Å². The van der Waals surface area contributed by atoms with Gasteiger partial charge in [0, 0.05) is 0 Å². The van der Waals surface area contributed by atoms with E-state index in [1.54, 1.807) is 0 Å². The lowest BCUT2D eigenvalue weighted by atomic mass is 9.78. The molecule has 100 valence electrons. The standard InChI is InChI=1S/C11H15FN2O3S/c12-8-2-3-10(9(13)6-8)18(16,17)14-11(7-15)4-1-5-11/h2-3,6,14-15H,1,4-5,7,13H2. The molecule has 0 radical (unpaired) electrons. The Kier molecular flexibility index (Phi) is 3.31. The molecule has 1 saturated carbocycles. The van der Waals surface area contributed by atoms with Gasteiger partial charge in [-0.05, 0) is 37.5 Å². The van der Waals surface area contributed by atoms with Crippen molar-refractivity contribution in [1.82, 2.24) is 4.72 Å². The first-order chi connectivity index (χ1) is 8.38. The molecule has 1 aromatic carbocycles. The molecule has 0 heterocycles. The SMILES string of the molecule is Nc1cc(F)ccc1S(=O)(=O)NC1(CO)CCC1. The lowest BCUT2D eigenvalue weighted by Crippen LogP contribution is -2.56. The molecule has 4 N–H and O–H groups in total. The number of hydrogen-bond acceptors (Lipinski definition) is 4. The zero-order valence-electron chi connectivity index (χ0n) is 9.69. The van der Waals surface area contributed by atoms with E-state index in [4.69, 9.17) is 5.73 Å². The molecular weight excluding hydrogens is 259 g/mol. The number of rotatable bonds is 4. The second-order valence-electron chi connectivity index (χ2n) is 4.58. The van der Waals surface area contributed by atoms with Crippen LogP contribution < -0.4 is 10.5 Å². The van der Waals surface area contributed by atoms with Gasteiger partial charge in [0.2, 0.25) is 10.0 Å². The molecule has 18 heavy (non-hydrogen) atoms. The first-order valence-corrected chi connectivity index (χ1v) is 7.07. The Morgan fingerprint density at radius 1 is 1.44 bits per heavy atom. The minimum absolute atomic E-state index is 0.144. The van der Waals surface area contributed by atoms with E-state index >= 15 is 0 Å². The van der Waals surface area contributed by atoms with Crippen molar-refractivity contribution in [3.05, 3.63) is 24.0 Å². The Morgan fingerprint density at radius 3 is 2.56 bits per heavy atom. The summed E-state index contributed by atoms with van der Waals surface area (Å²) in [5.74, 6) is -0.591. The fourth-order valence-electron chi connectivity index (χ4n) is 2.00. The first-order valence-electron chi connectivity index (χ1n) is 5.58. The fraction of sp³-hybridized carbons (Fsp3) is 0.455. The van der Waals surface area contributed by atoms with E-state index in [0.29, 0.717) is 12.8 Å². The number of nitrogens with two attached hydrogens (primary N) is 1. The summed E-state index contributed by atoms with van der Waals surface area (Å²) in [5.41, 5.74) is 4.57. The Balaban J connectivity index is 2.31. The van der Waals surface area contributed by atoms with Gasteiger partial charge in [-0.15, -0.1) is 0 Å². The average Bonchev–Trinajstić information content (AvgIpc) is 2.23. The van der Waals surface area contributed by atoms with Crippen molar-refractivity contribution in [2.75, 3.05) is 12.3 Å². The number of aliphatic hydroxyl groups is 1. The summed E-state index contributed by atoms with van der Waals surface area (Å²) in [6.45, 7) is -0.257. The predicted molar refractivity (Wildman–Crippen MR) is 64.8 cm³/mol. The smallest absolute Gasteiger partial charge is 0.243 e. The zero-order valence-corrected chi connectivity index (χ0v) is 10.5. The molecule has 5 nitrogen and oxygen atoms in total. The summed E-state index contributed by atoms with van der Waals surface area (Å²) < 4.78 is 39.5. The summed E-state index contributed by atoms with van der Waals surface area (Å²) >= 11 is 0. The molecule has 1 aliphatic rings.